The predicted octanol–water partition coefficient (Wildman–Crippen LogP) is 7.08. The molecular weight excluding hydrogens is 713 g/mol. The van der Waals surface area contributed by atoms with Gasteiger partial charge in [-0.25, -0.2) is 29.9 Å². The fourth-order valence-corrected chi connectivity index (χ4v) is 6.02. The minimum atomic E-state index is -0.452. The average molecular weight is 763 g/mol. The van der Waals surface area contributed by atoms with Crippen molar-refractivity contribution >= 4 is 46.0 Å². The molecule has 0 amide bonds. The SMILES string of the molecule is Cc1ccc(-c2ncn[nH]2)cc1Nc1ncnc(N(C)CC(C)(C)C)c1N.Cc1ccc(-c2ncn[nH]2)cc1Nc1ncnc(N(C)CC(C)(C)C)c1[N+](=O)[O-]. The quantitative estimate of drug-likeness (QED) is 0.0655. The minimum absolute atomic E-state index is 0.0524. The number of nitrogens with one attached hydrogen (secondary N) is 4. The third-order valence-corrected chi connectivity index (χ3v) is 8.35. The van der Waals surface area contributed by atoms with Crippen molar-refractivity contribution in [1.82, 2.24) is 50.3 Å². The van der Waals surface area contributed by atoms with Crippen LogP contribution in [-0.4, -0.2) is 82.4 Å². The van der Waals surface area contributed by atoms with Crippen LogP contribution in [-0.2, 0) is 0 Å². The summed E-state index contributed by atoms with van der Waals surface area (Å²) in [5, 5.41) is 31.8. The number of hydrogen-bond donors (Lipinski definition) is 5. The lowest BCUT2D eigenvalue weighted by Gasteiger charge is -2.28. The fourth-order valence-electron chi connectivity index (χ4n) is 6.02. The van der Waals surface area contributed by atoms with Gasteiger partial charge in [-0.05, 0) is 47.9 Å². The van der Waals surface area contributed by atoms with E-state index in [9.17, 15) is 10.1 Å². The van der Waals surface area contributed by atoms with Crippen molar-refractivity contribution in [1.29, 1.82) is 0 Å². The summed E-state index contributed by atoms with van der Waals surface area (Å²) in [6.07, 6.45) is 5.78. The number of H-pyrrole nitrogens is 2. The van der Waals surface area contributed by atoms with Crippen LogP contribution in [0.3, 0.4) is 0 Å². The van der Waals surface area contributed by atoms with Crippen molar-refractivity contribution in [2.75, 3.05) is 53.4 Å². The monoisotopic (exact) mass is 762 g/mol. The number of hydrogen-bond acceptors (Lipinski definition) is 15. The van der Waals surface area contributed by atoms with Gasteiger partial charge in [-0.1, -0.05) is 65.8 Å². The zero-order chi connectivity index (χ0) is 40.8. The van der Waals surface area contributed by atoms with Gasteiger partial charge in [0, 0.05) is 49.7 Å². The number of nitrogen functional groups attached to an aromatic ring is 1. The number of benzene rings is 2. The molecular formula is C38H50N16O2. The summed E-state index contributed by atoms with van der Waals surface area (Å²) in [5.74, 6) is 3.02. The molecule has 0 saturated carbocycles. The molecule has 18 heteroatoms. The first-order valence-corrected chi connectivity index (χ1v) is 17.9. The molecule has 0 saturated heterocycles. The molecule has 0 spiro atoms. The van der Waals surface area contributed by atoms with Crippen LogP contribution in [0.5, 0.6) is 0 Å². The molecule has 6 aromatic rings. The number of nitrogens with zero attached hydrogens (tertiary/aromatic N) is 11. The first-order valence-electron chi connectivity index (χ1n) is 17.9. The second-order valence-electron chi connectivity index (χ2n) is 15.9. The van der Waals surface area contributed by atoms with Crippen LogP contribution in [0.1, 0.15) is 52.7 Å². The Labute approximate surface area is 326 Å². The van der Waals surface area contributed by atoms with E-state index in [1.807, 2.05) is 57.3 Å². The molecule has 4 heterocycles. The molecule has 0 bridgehead atoms. The fraction of sp³-hybridized carbons (Fsp3) is 0.368. The molecule has 0 aliphatic rings. The van der Waals surface area contributed by atoms with Crippen molar-refractivity contribution in [3.05, 3.63) is 82.9 Å². The van der Waals surface area contributed by atoms with Crippen molar-refractivity contribution in [2.45, 2.75) is 55.4 Å². The Morgan fingerprint density at radius 3 is 1.57 bits per heavy atom. The highest BCUT2D eigenvalue weighted by Gasteiger charge is 2.28. The van der Waals surface area contributed by atoms with E-state index in [1.165, 1.54) is 25.3 Å². The van der Waals surface area contributed by atoms with E-state index in [4.69, 9.17) is 5.73 Å². The van der Waals surface area contributed by atoms with E-state index >= 15 is 0 Å². The van der Waals surface area contributed by atoms with Crippen LogP contribution >= 0.6 is 0 Å². The summed E-state index contributed by atoms with van der Waals surface area (Å²) < 4.78 is 0. The first kappa shape index (κ1) is 40.5. The van der Waals surface area contributed by atoms with Gasteiger partial charge in [-0.3, -0.25) is 20.3 Å². The van der Waals surface area contributed by atoms with Crippen molar-refractivity contribution in [2.24, 2.45) is 10.8 Å². The van der Waals surface area contributed by atoms with E-state index in [0.717, 1.165) is 34.5 Å². The number of anilines is 7. The van der Waals surface area contributed by atoms with E-state index in [2.05, 4.69) is 107 Å². The molecule has 6 rings (SSSR count). The minimum Gasteiger partial charge on any atom is -0.393 e. The van der Waals surface area contributed by atoms with Crippen molar-refractivity contribution in [3.8, 4) is 22.8 Å². The Kier molecular flexibility index (Phi) is 12.1. The van der Waals surface area contributed by atoms with Gasteiger partial charge in [0.05, 0.1) is 4.92 Å². The number of aromatic amines is 2. The van der Waals surface area contributed by atoms with Gasteiger partial charge in [0.2, 0.25) is 11.6 Å². The number of nitrogens with two attached hydrogens (primary N) is 1. The topological polar surface area (TPSA) is 234 Å². The normalized spacial score (nSPS) is 11.4. The molecule has 2 aromatic carbocycles. The number of aryl methyl sites for hydroxylation is 2. The van der Waals surface area contributed by atoms with Gasteiger partial charge in [0.25, 0.3) is 0 Å². The zero-order valence-corrected chi connectivity index (χ0v) is 33.5. The second kappa shape index (κ2) is 16.7. The Balaban J connectivity index is 0.000000215. The Bertz CT molecular complexity index is 2240. The zero-order valence-electron chi connectivity index (χ0n) is 33.5. The first-order chi connectivity index (χ1) is 26.4. The molecule has 294 valence electrons. The summed E-state index contributed by atoms with van der Waals surface area (Å²) in [6, 6.07) is 11.7. The second-order valence-corrected chi connectivity index (χ2v) is 15.9. The maximum Gasteiger partial charge on any atom is 0.353 e. The van der Waals surface area contributed by atoms with Gasteiger partial charge in [0.15, 0.2) is 23.3 Å². The van der Waals surface area contributed by atoms with Gasteiger partial charge in [0.1, 0.15) is 31.0 Å². The molecule has 56 heavy (non-hydrogen) atoms. The lowest BCUT2D eigenvalue weighted by atomic mass is 9.96. The summed E-state index contributed by atoms with van der Waals surface area (Å²) in [4.78, 5) is 40.6. The molecule has 0 fully saturated rings. The van der Waals surface area contributed by atoms with E-state index in [-0.39, 0.29) is 28.2 Å². The molecule has 0 radical (unpaired) electrons. The molecule has 0 unspecified atom stereocenters. The molecule has 0 aliphatic heterocycles. The van der Waals surface area contributed by atoms with Crippen LogP contribution in [0.15, 0.2) is 61.7 Å². The predicted molar refractivity (Wildman–Crippen MR) is 220 cm³/mol. The molecule has 4 aromatic heterocycles. The van der Waals surface area contributed by atoms with Crippen LogP contribution in [0, 0.1) is 34.8 Å². The van der Waals surface area contributed by atoms with Crippen LogP contribution in [0.2, 0.25) is 0 Å². The highest BCUT2D eigenvalue weighted by atomic mass is 16.6. The van der Waals surface area contributed by atoms with E-state index < -0.39 is 4.92 Å². The smallest absolute Gasteiger partial charge is 0.353 e. The van der Waals surface area contributed by atoms with Gasteiger partial charge in [-0.2, -0.15) is 10.2 Å². The van der Waals surface area contributed by atoms with Crippen LogP contribution in [0.25, 0.3) is 22.8 Å². The Hall–Kier alpha value is -6.72. The van der Waals surface area contributed by atoms with E-state index in [0.29, 0.717) is 41.2 Å². The lowest BCUT2D eigenvalue weighted by Crippen LogP contribution is -2.30. The third-order valence-electron chi connectivity index (χ3n) is 8.35. The van der Waals surface area contributed by atoms with Gasteiger partial charge < -0.3 is 26.2 Å². The Morgan fingerprint density at radius 1 is 0.679 bits per heavy atom. The van der Waals surface area contributed by atoms with Crippen molar-refractivity contribution in [3.63, 3.8) is 0 Å². The third kappa shape index (κ3) is 10.3. The number of nitro groups is 1. The molecule has 0 atom stereocenters. The molecule has 0 aliphatic carbocycles. The summed E-state index contributed by atoms with van der Waals surface area (Å²) in [7, 11) is 3.78. The standard InChI is InChI=1S/C19H24N8O2.C19H26N8/c1-12-6-7-13(16-21-11-23-25-16)8-14(12)24-17-15(27(28)29)18(22-10-20-17)26(5)9-19(2,3)4;1-12-6-7-13(16-22-11-24-26-16)8-14(12)25-17-15(20)18(23-10-21-17)27(5)9-19(2,3)4/h6-8,10-11H,9H2,1-5H3,(H,20,22,24)(H,21,23,25);6-8,10-11H,9,20H2,1-5H3,(H,21,23,25)(H,22,24,26). The van der Waals surface area contributed by atoms with Crippen LogP contribution in [0.4, 0.5) is 46.0 Å². The lowest BCUT2D eigenvalue weighted by molar-refractivity contribution is -0.383. The number of rotatable bonds is 11. The highest BCUT2D eigenvalue weighted by molar-refractivity contribution is 5.80. The maximum atomic E-state index is 11.9. The van der Waals surface area contributed by atoms with E-state index in [1.54, 1.807) is 11.9 Å². The average Bonchev–Trinajstić information content (AvgIpc) is 3.86. The molecule has 6 N–H and O–H groups in total. The van der Waals surface area contributed by atoms with Gasteiger partial charge >= 0.3 is 5.69 Å². The highest BCUT2D eigenvalue weighted by Crippen LogP contribution is 2.36. The largest absolute Gasteiger partial charge is 0.393 e. The van der Waals surface area contributed by atoms with Crippen molar-refractivity contribution < 1.29 is 4.92 Å². The van der Waals surface area contributed by atoms with Crippen LogP contribution < -0.4 is 26.2 Å². The summed E-state index contributed by atoms with van der Waals surface area (Å²) in [6.45, 7) is 18.1. The summed E-state index contributed by atoms with van der Waals surface area (Å²) >= 11 is 0. The van der Waals surface area contributed by atoms with Gasteiger partial charge in [-0.15, -0.1) is 0 Å². The molecule has 18 nitrogen and oxygen atoms in total. The summed E-state index contributed by atoms with van der Waals surface area (Å²) in [5.41, 5.74) is 12.1. The maximum absolute atomic E-state index is 11.9. The number of aromatic nitrogens is 10. The Morgan fingerprint density at radius 2 is 1.12 bits per heavy atom.